The van der Waals surface area contributed by atoms with Gasteiger partial charge in [-0.25, -0.2) is 0 Å². The lowest BCUT2D eigenvalue weighted by molar-refractivity contribution is -0.147. The van der Waals surface area contributed by atoms with Crippen LogP contribution in [0.5, 0.6) is 0 Å². The van der Waals surface area contributed by atoms with Crippen molar-refractivity contribution < 1.29 is 14.4 Å². The van der Waals surface area contributed by atoms with E-state index in [-0.39, 0.29) is 60.0 Å². The highest BCUT2D eigenvalue weighted by atomic mass is 35.5. The highest BCUT2D eigenvalue weighted by Crippen LogP contribution is 2.38. The van der Waals surface area contributed by atoms with Gasteiger partial charge in [0.05, 0.1) is 11.8 Å². The quantitative estimate of drug-likeness (QED) is 0.752. The van der Waals surface area contributed by atoms with Crippen molar-refractivity contribution in [2.45, 2.75) is 52.0 Å². The molecule has 1 saturated carbocycles. The van der Waals surface area contributed by atoms with Crippen LogP contribution in [0.2, 0.25) is 0 Å². The number of likely N-dealkylation sites (tertiary alicyclic amines) is 2. The van der Waals surface area contributed by atoms with Crippen molar-refractivity contribution in [1.82, 2.24) is 9.80 Å². The first-order valence-electron chi connectivity index (χ1n) is 8.70. The summed E-state index contributed by atoms with van der Waals surface area (Å²) in [6.45, 7) is 5.19. The van der Waals surface area contributed by atoms with Crippen LogP contribution in [-0.4, -0.2) is 53.2 Å². The zero-order chi connectivity index (χ0) is 16.8. The van der Waals surface area contributed by atoms with Crippen LogP contribution in [0.3, 0.4) is 0 Å². The Morgan fingerprint density at radius 1 is 1.12 bits per heavy atom. The molecule has 0 radical (unpaired) electrons. The van der Waals surface area contributed by atoms with E-state index in [2.05, 4.69) is 13.8 Å². The SMILES string of the molecule is CC1(C)CN(C(=O)CN2C(=O)C3CCCCC3C2=O)CCC1N.Cl. The van der Waals surface area contributed by atoms with Crippen LogP contribution < -0.4 is 5.73 Å². The molecule has 6 nitrogen and oxygen atoms in total. The third-order valence-electron chi connectivity index (χ3n) is 5.89. The minimum Gasteiger partial charge on any atom is -0.340 e. The summed E-state index contributed by atoms with van der Waals surface area (Å²) in [5.74, 6) is -0.780. The average Bonchev–Trinajstić information content (AvgIpc) is 2.75. The Bertz CT molecular complexity index is 513. The van der Waals surface area contributed by atoms with Gasteiger partial charge in [-0.05, 0) is 24.7 Å². The Morgan fingerprint density at radius 3 is 2.17 bits per heavy atom. The van der Waals surface area contributed by atoms with E-state index in [4.69, 9.17) is 5.73 Å². The average molecular weight is 358 g/mol. The van der Waals surface area contributed by atoms with Crippen molar-refractivity contribution in [3.8, 4) is 0 Å². The molecule has 2 N–H and O–H groups in total. The maximum atomic E-state index is 12.6. The van der Waals surface area contributed by atoms with Gasteiger partial charge >= 0.3 is 0 Å². The minimum atomic E-state index is -0.185. The van der Waals surface area contributed by atoms with Crippen molar-refractivity contribution >= 4 is 30.1 Å². The standard InChI is InChI=1S/C17H27N3O3.ClH/c1-17(2)10-19(8-7-13(17)18)14(21)9-20-15(22)11-5-3-4-6-12(11)16(20)23;/h11-13H,3-10,18H2,1-2H3;1H. The molecule has 0 aromatic carbocycles. The van der Waals surface area contributed by atoms with Gasteiger partial charge < -0.3 is 10.6 Å². The van der Waals surface area contributed by atoms with E-state index < -0.39 is 0 Å². The van der Waals surface area contributed by atoms with E-state index in [0.29, 0.717) is 13.1 Å². The number of rotatable bonds is 2. The van der Waals surface area contributed by atoms with Crippen LogP contribution in [0.15, 0.2) is 0 Å². The first kappa shape index (κ1) is 19.2. The maximum Gasteiger partial charge on any atom is 0.242 e. The van der Waals surface area contributed by atoms with Crippen LogP contribution >= 0.6 is 12.4 Å². The maximum absolute atomic E-state index is 12.6. The number of hydrogen-bond donors (Lipinski definition) is 1. The fraction of sp³-hybridized carbons (Fsp3) is 0.824. The molecular weight excluding hydrogens is 330 g/mol. The summed E-state index contributed by atoms with van der Waals surface area (Å²) >= 11 is 0. The predicted molar refractivity (Wildman–Crippen MR) is 92.4 cm³/mol. The molecule has 3 aliphatic rings. The second-order valence-corrected chi connectivity index (χ2v) is 7.96. The lowest BCUT2D eigenvalue weighted by Crippen LogP contribution is -2.55. The number of imide groups is 1. The number of halogens is 1. The van der Waals surface area contributed by atoms with E-state index in [1.807, 2.05) is 0 Å². The summed E-state index contributed by atoms with van der Waals surface area (Å²) < 4.78 is 0. The summed E-state index contributed by atoms with van der Waals surface area (Å²) in [6.07, 6.45) is 4.32. The number of nitrogens with two attached hydrogens (primary N) is 1. The first-order chi connectivity index (χ1) is 10.8. The molecule has 1 aliphatic carbocycles. The van der Waals surface area contributed by atoms with Gasteiger partial charge in [0.25, 0.3) is 0 Å². The number of amides is 3. The molecule has 136 valence electrons. The van der Waals surface area contributed by atoms with Gasteiger partial charge in [0.1, 0.15) is 6.54 Å². The van der Waals surface area contributed by atoms with E-state index in [1.54, 1.807) is 4.90 Å². The van der Waals surface area contributed by atoms with Gasteiger partial charge in [0.15, 0.2) is 0 Å². The molecule has 2 saturated heterocycles. The number of nitrogens with zero attached hydrogens (tertiary/aromatic N) is 2. The summed E-state index contributed by atoms with van der Waals surface area (Å²) in [6, 6.07) is 0.0736. The van der Waals surface area contributed by atoms with Gasteiger partial charge in [-0.15, -0.1) is 12.4 Å². The number of hydrogen-bond acceptors (Lipinski definition) is 4. The molecule has 2 heterocycles. The van der Waals surface area contributed by atoms with E-state index in [0.717, 1.165) is 32.1 Å². The minimum absolute atomic E-state index is 0. The number of fused-ring (bicyclic) bond motifs is 1. The van der Waals surface area contributed by atoms with Crippen molar-refractivity contribution in [2.75, 3.05) is 19.6 Å². The van der Waals surface area contributed by atoms with Crippen molar-refractivity contribution in [3.05, 3.63) is 0 Å². The van der Waals surface area contributed by atoms with Crippen molar-refractivity contribution in [2.24, 2.45) is 23.0 Å². The Morgan fingerprint density at radius 2 is 1.67 bits per heavy atom. The number of carbonyl (C=O) groups is 3. The Hall–Kier alpha value is -1.14. The fourth-order valence-electron chi connectivity index (χ4n) is 4.21. The highest BCUT2D eigenvalue weighted by Gasteiger charge is 2.49. The summed E-state index contributed by atoms with van der Waals surface area (Å²) in [5.41, 5.74) is 5.97. The first-order valence-corrected chi connectivity index (χ1v) is 8.70. The lowest BCUT2D eigenvalue weighted by atomic mass is 9.79. The third kappa shape index (κ3) is 3.31. The van der Waals surface area contributed by atoms with Crippen molar-refractivity contribution in [1.29, 1.82) is 0 Å². The van der Waals surface area contributed by atoms with Gasteiger partial charge in [-0.3, -0.25) is 19.3 Å². The molecule has 3 unspecified atom stereocenters. The second-order valence-electron chi connectivity index (χ2n) is 7.96. The fourth-order valence-corrected chi connectivity index (χ4v) is 4.21. The summed E-state index contributed by atoms with van der Waals surface area (Å²) in [5, 5.41) is 0. The Kier molecular flexibility index (Phi) is 5.60. The molecule has 0 aromatic rings. The molecule has 0 bridgehead atoms. The van der Waals surface area contributed by atoms with Gasteiger partial charge in [0.2, 0.25) is 17.7 Å². The van der Waals surface area contributed by atoms with Crippen LogP contribution in [0.4, 0.5) is 0 Å². The smallest absolute Gasteiger partial charge is 0.242 e. The summed E-state index contributed by atoms with van der Waals surface area (Å²) in [4.78, 5) is 40.5. The number of piperidine rings is 1. The molecule has 0 spiro atoms. The lowest BCUT2D eigenvalue weighted by Gasteiger charge is -2.42. The predicted octanol–water partition coefficient (Wildman–Crippen LogP) is 1.17. The third-order valence-corrected chi connectivity index (χ3v) is 5.89. The summed E-state index contributed by atoms with van der Waals surface area (Å²) in [7, 11) is 0. The molecule has 3 fully saturated rings. The van der Waals surface area contributed by atoms with Gasteiger partial charge in [0, 0.05) is 19.1 Å². The van der Waals surface area contributed by atoms with Crippen LogP contribution in [0.1, 0.15) is 46.0 Å². The normalized spacial score (nSPS) is 32.4. The van der Waals surface area contributed by atoms with E-state index in [1.165, 1.54) is 4.90 Å². The molecule has 3 rings (SSSR count). The molecule has 0 aromatic heterocycles. The Labute approximate surface area is 149 Å². The molecule has 2 aliphatic heterocycles. The highest BCUT2D eigenvalue weighted by molar-refractivity contribution is 6.07. The van der Waals surface area contributed by atoms with Crippen LogP contribution in [-0.2, 0) is 14.4 Å². The van der Waals surface area contributed by atoms with E-state index >= 15 is 0 Å². The molecular formula is C17H28ClN3O3. The number of carbonyl (C=O) groups excluding carboxylic acids is 3. The molecule has 7 heteroatoms. The molecule has 3 atom stereocenters. The topological polar surface area (TPSA) is 83.7 Å². The monoisotopic (exact) mass is 357 g/mol. The zero-order valence-corrected chi connectivity index (χ0v) is 15.3. The van der Waals surface area contributed by atoms with Gasteiger partial charge in [-0.2, -0.15) is 0 Å². The van der Waals surface area contributed by atoms with E-state index in [9.17, 15) is 14.4 Å². The molecule has 3 amide bonds. The van der Waals surface area contributed by atoms with Crippen LogP contribution in [0, 0.1) is 17.3 Å². The second kappa shape index (κ2) is 7.00. The van der Waals surface area contributed by atoms with Gasteiger partial charge in [-0.1, -0.05) is 26.7 Å². The zero-order valence-electron chi connectivity index (χ0n) is 14.5. The molecule has 24 heavy (non-hydrogen) atoms. The van der Waals surface area contributed by atoms with Crippen molar-refractivity contribution in [3.63, 3.8) is 0 Å². The Balaban J connectivity index is 0.00000208. The van der Waals surface area contributed by atoms with Crippen LogP contribution in [0.25, 0.3) is 0 Å². The largest absolute Gasteiger partial charge is 0.340 e.